The average Bonchev–Trinajstić information content (AvgIpc) is 2.61. The summed E-state index contributed by atoms with van der Waals surface area (Å²) in [5, 5.41) is 3.06. The predicted octanol–water partition coefficient (Wildman–Crippen LogP) is 3.19. The van der Waals surface area contributed by atoms with Crippen molar-refractivity contribution in [2.45, 2.75) is 6.61 Å². The van der Waals surface area contributed by atoms with Gasteiger partial charge in [-0.05, 0) is 17.7 Å². The molecule has 0 aliphatic heterocycles. The molecule has 0 bridgehead atoms. The number of carbonyl (C=O) groups is 1. The number of nitrogens with two attached hydrogens (primary N) is 1. The second-order valence-electron chi connectivity index (χ2n) is 5.07. The maximum Gasteiger partial charge on any atom is 0.157 e. The molecule has 0 saturated heterocycles. The van der Waals surface area contributed by atoms with E-state index in [1.54, 1.807) is 0 Å². The topological polar surface area (TPSA) is 90.1 Å². The van der Waals surface area contributed by atoms with Crippen molar-refractivity contribution in [1.29, 1.82) is 0 Å². The van der Waals surface area contributed by atoms with Gasteiger partial charge < -0.3 is 15.8 Å². The molecule has 120 valence electrons. The van der Waals surface area contributed by atoms with Crippen LogP contribution >= 0.6 is 0 Å². The Kier molecular flexibility index (Phi) is 4.67. The molecule has 3 rings (SSSR count). The normalized spacial score (nSPS) is 10.2. The molecule has 2 aromatic carbocycles. The van der Waals surface area contributed by atoms with Gasteiger partial charge in [-0.1, -0.05) is 36.4 Å². The molecule has 0 aliphatic rings. The SMILES string of the molecule is Nc1ncnc(Nc2cccc(OCc3ccccc3)c2)c1C=O. The van der Waals surface area contributed by atoms with Gasteiger partial charge in [-0.15, -0.1) is 0 Å². The van der Waals surface area contributed by atoms with E-state index in [0.29, 0.717) is 24.5 Å². The maximum atomic E-state index is 11.1. The van der Waals surface area contributed by atoms with Gasteiger partial charge in [0.1, 0.15) is 30.3 Å². The van der Waals surface area contributed by atoms with Crippen LogP contribution in [0.4, 0.5) is 17.3 Å². The monoisotopic (exact) mass is 320 g/mol. The summed E-state index contributed by atoms with van der Waals surface area (Å²) >= 11 is 0. The zero-order chi connectivity index (χ0) is 16.8. The van der Waals surface area contributed by atoms with Gasteiger partial charge in [-0.2, -0.15) is 0 Å². The quantitative estimate of drug-likeness (QED) is 0.678. The van der Waals surface area contributed by atoms with Gasteiger partial charge in [-0.25, -0.2) is 9.97 Å². The number of nitrogens with zero attached hydrogens (tertiary/aromatic N) is 2. The van der Waals surface area contributed by atoms with Gasteiger partial charge in [0.15, 0.2) is 6.29 Å². The van der Waals surface area contributed by atoms with Crippen LogP contribution in [0, 0.1) is 0 Å². The molecule has 0 spiro atoms. The van der Waals surface area contributed by atoms with Crippen molar-refractivity contribution in [3.63, 3.8) is 0 Å². The molecule has 6 heteroatoms. The summed E-state index contributed by atoms with van der Waals surface area (Å²) in [5.74, 6) is 1.20. The molecule has 6 nitrogen and oxygen atoms in total. The summed E-state index contributed by atoms with van der Waals surface area (Å²) < 4.78 is 5.78. The maximum absolute atomic E-state index is 11.1. The van der Waals surface area contributed by atoms with Crippen LogP contribution in [0.2, 0.25) is 0 Å². The molecule has 24 heavy (non-hydrogen) atoms. The second-order valence-corrected chi connectivity index (χ2v) is 5.07. The minimum absolute atomic E-state index is 0.138. The Bertz CT molecular complexity index is 837. The molecule has 0 amide bonds. The first-order valence-electron chi connectivity index (χ1n) is 7.36. The summed E-state index contributed by atoms with van der Waals surface area (Å²) in [6, 6.07) is 17.3. The Balaban J connectivity index is 1.74. The number of rotatable bonds is 6. The molecule has 0 fully saturated rings. The van der Waals surface area contributed by atoms with E-state index >= 15 is 0 Å². The van der Waals surface area contributed by atoms with Gasteiger partial charge in [0, 0.05) is 11.8 Å². The Morgan fingerprint density at radius 2 is 1.92 bits per heavy atom. The number of anilines is 3. The molecular weight excluding hydrogens is 304 g/mol. The van der Waals surface area contributed by atoms with Crippen LogP contribution in [-0.2, 0) is 6.61 Å². The predicted molar refractivity (Wildman–Crippen MR) is 92.3 cm³/mol. The molecule has 3 N–H and O–H groups in total. The number of aldehydes is 1. The molecule has 0 aliphatic carbocycles. The van der Waals surface area contributed by atoms with E-state index in [4.69, 9.17) is 10.5 Å². The molecule has 3 aromatic rings. The van der Waals surface area contributed by atoms with E-state index in [1.165, 1.54) is 6.33 Å². The number of ether oxygens (including phenoxy) is 1. The third-order valence-electron chi connectivity index (χ3n) is 3.38. The van der Waals surface area contributed by atoms with Crippen molar-refractivity contribution in [2.75, 3.05) is 11.1 Å². The third kappa shape index (κ3) is 3.67. The van der Waals surface area contributed by atoms with Crippen molar-refractivity contribution >= 4 is 23.6 Å². The third-order valence-corrected chi connectivity index (χ3v) is 3.38. The highest BCUT2D eigenvalue weighted by molar-refractivity contribution is 5.89. The fourth-order valence-corrected chi connectivity index (χ4v) is 2.17. The van der Waals surface area contributed by atoms with Gasteiger partial charge in [0.05, 0.1) is 5.56 Å². The number of hydrogen-bond acceptors (Lipinski definition) is 6. The van der Waals surface area contributed by atoms with Crippen molar-refractivity contribution in [3.8, 4) is 5.75 Å². The molecule has 1 heterocycles. The minimum Gasteiger partial charge on any atom is -0.489 e. The Morgan fingerprint density at radius 1 is 1.08 bits per heavy atom. The summed E-state index contributed by atoms with van der Waals surface area (Å²) in [4.78, 5) is 19.0. The zero-order valence-electron chi connectivity index (χ0n) is 12.8. The van der Waals surface area contributed by atoms with E-state index in [1.807, 2.05) is 54.6 Å². The average molecular weight is 320 g/mol. The molecular formula is C18H16N4O2. The van der Waals surface area contributed by atoms with E-state index in [0.717, 1.165) is 11.3 Å². The van der Waals surface area contributed by atoms with Crippen LogP contribution in [0.15, 0.2) is 60.9 Å². The molecule has 1 aromatic heterocycles. The van der Waals surface area contributed by atoms with Crippen LogP contribution in [0.5, 0.6) is 5.75 Å². The summed E-state index contributed by atoms with van der Waals surface area (Å²) in [6.45, 7) is 0.477. The Labute approximate surface area is 139 Å². The van der Waals surface area contributed by atoms with Crippen LogP contribution in [0.3, 0.4) is 0 Å². The number of hydrogen-bond donors (Lipinski definition) is 2. The number of nitrogens with one attached hydrogen (secondary N) is 1. The van der Waals surface area contributed by atoms with Crippen molar-refractivity contribution in [3.05, 3.63) is 72.1 Å². The second kappa shape index (κ2) is 7.23. The summed E-state index contributed by atoms with van der Waals surface area (Å²) in [7, 11) is 0. The highest BCUT2D eigenvalue weighted by Gasteiger charge is 2.08. The fourth-order valence-electron chi connectivity index (χ4n) is 2.17. The lowest BCUT2D eigenvalue weighted by Crippen LogP contribution is -2.04. The first kappa shape index (κ1) is 15.5. The number of nitrogen functional groups attached to an aromatic ring is 1. The Hall–Kier alpha value is -3.41. The van der Waals surface area contributed by atoms with Crippen LogP contribution in [0.1, 0.15) is 15.9 Å². The molecule has 0 saturated carbocycles. The van der Waals surface area contributed by atoms with E-state index < -0.39 is 0 Å². The smallest absolute Gasteiger partial charge is 0.157 e. The van der Waals surface area contributed by atoms with Gasteiger partial charge in [0.2, 0.25) is 0 Å². The lowest BCUT2D eigenvalue weighted by molar-refractivity contribution is 0.112. The van der Waals surface area contributed by atoms with Crippen LogP contribution in [0.25, 0.3) is 0 Å². The summed E-state index contributed by atoms with van der Waals surface area (Å²) in [5.41, 5.74) is 7.73. The van der Waals surface area contributed by atoms with Gasteiger partial charge in [0.25, 0.3) is 0 Å². The van der Waals surface area contributed by atoms with E-state index in [-0.39, 0.29) is 11.4 Å². The van der Waals surface area contributed by atoms with E-state index in [9.17, 15) is 4.79 Å². The lowest BCUT2D eigenvalue weighted by atomic mass is 10.2. The Morgan fingerprint density at radius 3 is 2.71 bits per heavy atom. The van der Waals surface area contributed by atoms with Crippen molar-refractivity contribution in [2.24, 2.45) is 0 Å². The first-order valence-corrected chi connectivity index (χ1v) is 7.36. The van der Waals surface area contributed by atoms with Crippen molar-refractivity contribution < 1.29 is 9.53 Å². The van der Waals surface area contributed by atoms with Crippen molar-refractivity contribution in [1.82, 2.24) is 9.97 Å². The minimum atomic E-state index is 0.138. The molecule has 0 atom stereocenters. The number of carbonyl (C=O) groups excluding carboxylic acids is 1. The number of benzene rings is 2. The van der Waals surface area contributed by atoms with Crippen LogP contribution < -0.4 is 15.8 Å². The highest BCUT2D eigenvalue weighted by Crippen LogP contribution is 2.24. The highest BCUT2D eigenvalue weighted by atomic mass is 16.5. The van der Waals surface area contributed by atoms with Gasteiger partial charge in [-0.3, -0.25) is 4.79 Å². The number of aromatic nitrogens is 2. The van der Waals surface area contributed by atoms with E-state index in [2.05, 4.69) is 15.3 Å². The molecule has 0 unspecified atom stereocenters. The zero-order valence-corrected chi connectivity index (χ0v) is 12.8. The first-order chi connectivity index (χ1) is 11.8. The lowest BCUT2D eigenvalue weighted by Gasteiger charge is -2.11. The fraction of sp³-hybridized carbons (Fsp3) is 0.0556. The largest absolute Gasteiger partial charge is 0.489 e. The standard InChI is InChI=1S/C18H16N4O2/c19-17-16(10-23)18(21-12-20-17)22-14-7-4-8-15(9-14)24-11-13-5-2-1-3-6-13/h1-10,12H,11H2,(H3,19,20,21,22). The summed E-state index contributed by atoms with van der Waals surface area (Å²) in [6.07, 6.45) is 1.94. The van der Waals surface area contributed by atoms with Gasteiger partial charge >= 0.3 is 0 Å². The van der Waals surface area contributed by atoms with Crippen LogP contribution in [-0.4, -0.2) is 16.3 Å². The molecule has 0 radical (unpaired) electrons.